The second kappa shape index (κ2) is 10.7. The first kappa shape index (κ1) is 28.7. The molecule has 2 heterocycles. The van der Waals surface area contributed by atoms with Crippen LogP contribution >= 0.6 is 12.2 Å². The number of anilines is 1. The molecule has 3 aliphatic rings. The number of sulfonamides is 1. The Balaban J connectivity index is 1.63. The summed E-state index contributed by atoms with van der Waals surface area (Å²) in [5.74, 6) is -0.119. The molecule has 0 bridgehead atoms. The lowest BCUT2D eigenvalue weighted by molar-refractivity contribution is -0.258. The summed E-state index contributed by atoms with van der Waals surface area (Å²) in [4.78, 5) is 16.6. The molecule has 13 heteroatoms. The van der Waals surface area contributed by atoms with Crippen LogP contribution in [0.15, 0.2) is 47.4 Å². The molecule has 208 valence electrons. The van der Waals surface area contributed by atoms with E-state index in [1.807, 2.05) is 9.80 Å². The largest absolute Gasteiger partial charge is 0.421 e. The lowest BCUT2D eigenvalue weighted by Crippen LogP contribution is -2.62. The number of alkyl halides is 3. The Labute approximate surface area is 225 Å². The molecule has 0 spiro atoms. The van der Waals surface area contributed by atoms with Crippen molar-refractivity contribution in [3.8, 4) is 0 Å². The highest BCUT2D eigenvalue weighted by molar-refractivity contribution is 7.96. The number of carbonyl (C=O) groups is 1. The van der Waals surface area contributed by atoms with Crippen molar-refractivity contribution in [2.45, 2.75) is 44.1 Å². The SMILES string of the molecule is C[C@H]1C(=O)NCCN1C[C@H]1CN(S(=O)(=O)C2=CC=CCC2=S)CCN1c1ccc([C@@](C)(O)C(F)(F)F)cc1. The molecule has 38 heavy (non-hydrogen) atoms. The molecule has 2 N–H and O–H groups in total. The molecule has 1 amide bonds. The fourth-order valence-electron chi connectivity index (χ4n) is 4.93. The van der Waals surface area contributed by atoms with E-state index < -0.39 is 33.9 Å². The van der Waals surface area contributed by atoms with Crippen molar-refractivity contribution in [2.75, 3.05) is 44.2 Å². The number of nitrogens with zero attached hydrogens (tertiary/aromatic N) is 3. The van der Waals surface area contributed by atoms with Crippen molar-refractivity contribution in [3.05, 3.63) is 53.0 Å². The zero-order valence-corrected chi connectivity index (χ0v) is 22.7. The number of hydrogen-bond acceptors (Lipinski definition) is 7. The maximum absolute atomic E-state index is 13.5. The molecule has 2 fully saturated rings. The molecule has 8 nitrogen and oxygen atoms in total. The molecule has 3 atom stereocenters. The Morgan fingerprint density at radius 2 is 1.84 bits per heavy atom. The number of aliphatic hydroxyl groups is 1. The lowest BCUT2D eigenvalue weighted by atomic mass is 9.95. The van der Waals surface area contributed by atoms with Crippen LogP contribution in [0.4, 0.5) is 18.9 Å². The van der Waals surface area contributed by atoms with Crippen LogP contribution in [-0.4, -0.2) is 91.0 Å². The number of rotatable bonds is 6. The molecule has 0 unspecified atom stereocenters. The van der Waals surface area contributed by atoms with E-state index in [1.165, 1.54) is 34.6 Å². The van der Waals surface area contributed by atoms with E-state index in [1.54, 1.807) is 19.1 Å². The van der Waals surface area contributed by atoms with Gasteiger partial charge in [0.2, 0.25) is 15.9 Å². The first-order chi connectivity index (χ1) is 17.7. The Bertz CT molecular complexity index is 1250. The first-order valence-electron chi connectivity index (χ1n) is 12.3. The highest BCUT2D eigenvalue weighted by Gasteiger charge is 2.51. The summed E-state index contributed by atoms with van der Waals surface area (Å²) in [5, 5.41) is 12.8. The second-order valence-electron chi connectivity index (χ2n) is 9.88. The van der Waals surface area contributed by atoms with Crippen LogP contribution in [0.5, 0.6) is 0 Å². The lowest BCUT2D eigenvalue weighted by Gasteiger charge is -2.45. The van der Waals surface area contributed by atoms with Crippen LogP contribution in [0.1, 0.15) is 25.8 Å². The summed E-state index contributed by atoms with van der Waals surface area (Å²) in [5.41, 5.74) is -2.70. The Morgan fingerprint density at radius 3 is 2.47 bits per heavy atom. The van der Waals surface area contributed by atoms with Gasteiger partial charge in [0, 0.05) is 56.2 Å². The molecule has 1 aromatic carbocycles. The molecule has 2 saturated heterocycles. The molecule has 0 radical (unpaired) electrons. The van der Waals surface area contributed by atoms with Crippen molar-refractivity contribution >= 4 is 38.7 Å². The summed E-state index contributed by atoms with van der Waals surface area (Å²) < 4.78 is 68.4. The van der Waals surface area contributed by atoms with Crippen LogP contribution in [0.3, 0.4) is 0 Å². The molecule has 2 aliphatic heterocycles. The number of amides is 1. The molecular weight excluding hydrogens is 541 g/mol. The van der Waals surface area contributed by atoms with Crippen molar-refractivity contribution in [1.82, 2.24) is 14.5 Å². The summed E-state index contributed by atoms with van der Waals surface area (Å²) in [7, 11) is -3.86. The van der Waals surface area contributed by atoms with E-state index in [-0.39, 0.29) is 36.0 Å². The number of thiocarbonyl (C=S) groups is 1. The fraction of sp³-hybridized carbons (Fsp3) is 0.520. The monoisotopic (exact) mass is 572 g/mol. The van der Waals surface area contributed by atoms with Gasteiger partial charge in [-0.1, -0.05) is 36.5 Å². The Hall–Kier alpha value is -2.32. The van der Waals surface area contributed by atoms with Gasteiger partial charge in [0.15, 0.2) is 5.60 Å². The highest BCUT2D eigenvalue weighted by Crippen LogP contribution is 2.39. The molecule has 1 aromatic rings. The van der Waals surface area contributed by atoms with Crippen molar-refractivity contribution < 1.29 is 31.5 Å². The molecule has 1 aliphatic carbocycles. The number of allylic oxidation sites excluding steroid dienone is 4. The van der Waals surface area contributed by atoms with Gasteiger partial charge in [-0.25, -0.2) is 8.42 Å². The molecular formula is C25H31F3N4O4S2. The standard InChI is InChI=1S/C25H31F3N4O4S2/c1-17-23(33)29-11-12-30(17)15-20-16-31(38(35,36)22-6-4-3-5-21(22)37)13-14-32(20)19-9-7-18(8-10-19)24(2,34)25(26,27)28/h3-4,6-10,17,20,34H,5,11-16H2,1-2H3,(H,29,33)/t17-,20-,24+/m0/s1. The number of hydrogen-bond donors (Lipinski definition) is 2. The number of halogens is 3. The van der Waals surface area contributed by atoms with Crippen LogP contribution in [-0.2, 0) is 20.4 Å². The Morgan fingerprint density at radius 1 is 1.16 bits per heavy atom. The average Bonchev–Trinajstić information content (AvgIpc) is 2.86. The topological polar surface area (TPSA) is 93.2 Å². The normalized spacial score (nSPS) is 25.6. The van der Waals surface area contributed by atoms with Gasteiger partial charge in [0.25, 0.3) is 0 Å². The minimum atomic E-state index is -4.84. The van der Waals surface area contributed by atoms with Gasteiger partial charge in [-0.05, 0) is 37.6 Å². The number of benzene rings is 1. The second-order valence-corrected chi connectivity index (χ2v) is 12.3. The van der Waals surface area contributed by atoms with Gasteiger partial charge in [0.05, 0.1) is 17.0 Å². The summed E-state index contributed by atoms with van der Waals surface area (Å²) >= 11 is 5.31. The van der Waals surface area contributed by atoms with E-state index in [4.69, 9.17) is 12.2 Å². The third kappa shape index (κ3) is 5.53. The van der Waals surface area contributed by atoms with Crippen LogP contribution < -0.4 is 10.2 Å². The van der Waals surface area contributed by atoms with Crippen molar-refractivity contribution in [3.63, 3.8) is 0 Å². The molecule has 0 aromatic heterocycles. The average molecular weight is 573 g/mol. The van der Waals surface area contributed by atoms with E-state index in [0.29, 0.717) is 43.5 Å². The predicted molar refractivity (Wildman–Crippen MR) is 142 cm³/mol. The van der Waals surface area contributed by atoms with Gasteiger partial charge in [0.1, 0.15) is 0 Å². The number of nitrogens with one attached hydrogen (secondary N) is 1. The minimum absolute atomic E-state index is 0.103. The summed E-state index contributed by atoms with van der Waals surface area (Å²) in [6, 6.07) is 4.66. The maximum Gasteiger partial charge on any atom is 0.421 e. The number of carbonyl (C=O) groups excluding carboxylic acids is 1. The third-order valence-electron chi connectivity index (χ3n) is 7.41. The first-order valence-corrected chi connectivity index (χ1v) is 14.2. The number of piperazine rings is 2. The van der Waals surface area contributed by atoms with Crippen LogP contribution in [0.2, 0.25) is 0 Å². The van der Waals surface area contributed by atoms with Gasteiger partial charge < -0.3 is 15.3 Å². The highest BCUT2D eigenvalue weighted by atomic mass is 32.2. The molecule has 4 rings (SSSR count). The smallest absolute Gasteiger partial charge is 0.376 e. The summed E-state index contributed by atoms with van der Waals surface area (Å²) in [6.07, 6.45) is 0.501. The molecule has 0 saturated carbocycles. The predicted octanol–water partition coefficient (Wildman–Crippen LogP) is 2.31. The van der Waals surface area contributed by atoms with E-state index in [0.717, 1.165) is 0 Å². The van der Waals surface area contributed by atoms with Crippen LogP contribution in [0, 0.1) is 0 Å². The van der Waals surface area contributed by atoms with Gasteiger partial charge >= 0.3 is 6.18 Å². The maximum atomic E-state index is 13.5. The zero-order valence-electron chi connectivity index (χ0n) is 21.1. The van der Waals surface area contributed by atoms with E-state index >= 15 is 0 Å². The fourth-order valence-corrected chi connectivity index (χ4v) is 7.00. The minimum Gasteiger partial charge on any atom is -0.376 e. The Kier molecular flexibility index (Phi) is 8.06. The van der Waals surface area contributed by atoms with Crippen LogP contribution in [0.25, 0.3) is 0 Å². The quantitative estimate of drug-likeness (QED) is 0.506. The van der Waals surface area contributed by atoms with Gasteiger partial charge in [-0.2, -0.15) is 17.5 Å². The van der Waals surface area contributed by atoms with E-state index in [9.17, 15) is 31.5 Å². The van der Waals surface area contributed by atoms with Gasteiger partial charge in [-0.3, -0.25) is 9.69 Å². The van der Waals surface area contributed by atoms with Crippen molar-refractivity contribution in [1.29, 1.82) is 0 Å². The van der Waals surface area contributed by atoms with Gasteiger partial charge in [-0.15, -0.1) is 0 Å². The van der Waals surface area contributed by atoms with E-state index in [2.05, 4.69) is 5.32 Å². The zero-order chi connectivity index (χ0) is 27.9. The third-order valence-corrected chi connectivity index (χ3v) is 9.87. The van der Waals surface area contributed by atoms with Crippen molar-refractivity contribution in [2.24, 2.45) is 0 Å². The summed E-state index contributed by atoms with van der Waals surface area (Å²) in [6.45, 7) is 4.44.